The summed E-state index contributed by atoms with van der Waals surface area (Å²) in [7, 11) is 1.81. The van der Waals surface area contributed by atoms with E-state index in [4.69, 9.17) is 16.7 Å². The molecular weight excluding hydrogens is 242 g/mol. The van der Waals surface area contributed by atoms with Crippen molar-refractivity contribution in [2.75, 3.05) is 0 Å². The summed E-state index contributed by atoms with van der Waals surface area (Å²) in [4.78, 5) is 10.9. The highest BCUT2D eigenvalue weighted by Crippen LogP contribution is 2.34. The van der Waals surface area contributed by atoms with Crippen molar-refractivity contribution in [3.8, 4) is 0 Å². The van der Waals surface area contributed by atoms with Gasteiger partial charge in [-0.25, -0.2) is 4.79 Å². The molecule has 1 unspecified atom stereocenters. The molecule has 0 spiro atoms. The fraction of sp³-hybridized carbons (Fsp3) is 0.250. The largest absolute Gasteiger partial charge is 0.479 e. The van der Waals surface area contributed by atoms with Crippen LogP contribution in [0, 0.1) is 6.92 Å². The number of benzene rings is 1. The average Bonchev–Trinajstić information content (AvgIpc) is 2.53. The van der Waals surface area contributed by atoms with E-state index in [-0.39, 0.29) is 0 Å². The number of rotatable bonds is 2. The second kappa shape index (κ2) is 4.05. The molecule has 90 valence electrons. The van der Waals surface area contributed by atoms with Crippen LogP contribution in [0.2, 0.25) is 5.02 Å². The van der Waals surface area contributed by atoms with Crippen LogP contribution in [0.1, 0.15) is 17.4 Å². The van der Waals surface area contributed by atoms with Crippen LogP contribution < -0.4 is 0 Å². The van der Waals surface area contributed by atoms with E-state index in [0.717, 1.165) is 5.52 Å². The van der Waals surface area contributed by atoms with Crippen molar-refractivity contribution in [2.24, 2.45) is 7.05 Å². The van der Waals surface area contributed by atoms with Gasteiger partial charge in [0.05, 0.1) is 5.02 Å². The van der Waals surface area contributed by atoms with E-state index in [1.165, 1.54) is 0 Å². The van der Waals surface area contributed by atoms with E-state index in [2.05, 4.69) is 0 Å². The quantitative estimate of drug-likeness (QED) is 0.863. The second-order valence-electron chi connectivity index (χ2n) is 3.93. The molecule has 0 bridgehead atoms. The third-order valence-corrected chi connectivity index (χ3v) is 3.34. The number of aliphatic hydroxyl groups is 1. The number of halogens is 1. The number of aliphatic carboxylic acids is 1. The van der Waals surface area contributed by atoms with Gasteiger partial charge in [0.25, 0.3) is 0 Å². The summed E-state index contributed by atoms with van der Waals surface area (Å²) in [6.45, 7) is 1.76. The molecule has 0 amide bonds. The lowest BCUT2D eigenvalue weighted by Gasteiger charge is -2.06. The lowest BCUT2D eigenvalue weighted by atomic mass is 10.1. The molecule has 2 aromatic rings. The molecule has 2 N–H and O–H groups in total. The topological polar surface area (TPSA) is 62.5 Å². The molecular formula is C12H12ClNO3. The van der Waals surface area contributed by atoms with Crippen molar-refractivity contribution in [1.82, 2.24) is 4.57 Å². The van der Waals surface area contributed by atoms with E-state index in [0.29, 0.717) is 21.7 Å². The van der Waals surface area contributed by atoms with Crippen molar-refractivity contribution in [1.29, 1.82) is 0 Å². The fourth-order valence-corrected chi connectivity index (χ4v) is 2.33. The van der Waals surface area contributed by atoms with Gasteiger partial charge >= 0.3 is 5.97 Å². The van der Waals surface area contributed by atoms with E-state index >= 15 is 0 Å². The van der Waals surface area contributed by atoms with Gasteiger partial charge in [-0.1, -0.05) is 17.7 Å². The maximum Gasteiger partial charge on any atom is 0.337 e. The van der Waals surface area contributed by atoms with Gasteiger partial charge in [0.2, 0.25) is 0 Å². The fourth-order valence-electron chi connectivity index (χ4n) is 2.06. The van der Waals surface area contributed by atoms with Crippen LogP contribution in [-0.2, 0) is 11.8 Å². The number of aliphatic hydroxyl groups excluding tert-OH is 1. The minimum absolute atomic E-state index is 0.362. The third-order valence-electron chi connectivity index (χ3n) is 3.02. The number of aryl methyl sites for hydroxylation is 1. The van der Waals surface area contributed by atoms with E-state index in [1.807, 2.05) is 17.7 Å². The Balaban J connectivity index is 2.87. The first-order valence-electron chi connectivity index (χ1n) is 5.09. The van der Waals surface area contributed by atoms with Crippen LogP contribution in [0.15, 0.2) is 18.2 Å². The lowest BCUT2D eigenvalue weighted by molar-refractivity contribution is -0.146. The Labute approximate surface area is 103 Å². The van der Waals surface area contributed by atoms with Gasteiger partial charge in [-0.05, 0) is 19.1 Å². The van der Waals surface area contributed by atoms with Gasteiger partial charge in [0.1, 0.15) is 0 Å². The number of nitrogens with zero attached hydrogens (tertiary/aromatic N) is 1. The third kappa shape index (κ3) is 1.69. The van der Waals surface area contributed by atoms with E-state index < -0.39 is 12.1 Å². The molecule has 0 radical (unpaired) electrons. The number of hydrogen-bond donors (Lipinski definition) is 2. The van der Waals surface area contributed by atoms with E-state index in [9.17, 15) is 9.90 Å². The molecule has 0 aliphatic carbocycles. The number of carboxylic acids is 1. The summed E-state index contributed by atoms with van der Waals surface area (Å²) in [5.74, 6) is -1.28. The maximum absolute atomic E-state index is 10.9. The van der Waals surface area contributed by atoms with Crippen LogP contribution in [0.3, 0.4) is 0 Å². The zero-order valence-corrected chi connectivity index (χ0v) is 10.2. The van der Waals surface area contributed by atoms with Gasteiger partial charge in [-0.2, -0.15) is 0 Å². The minimum Gasteiger partial charge on any atom is -0.479 e. The van der Waals surface area contributed by atoms with Gasteiger partial charge in [-0.15, -0.1) is 0 Å². The first-order chi connectivity index (χ1) is 7.95. The Bertz CT molecular complexity index is 603. The van der Waals surface area contributed by atoms with Gasteiger partial charge < -0.3 is 14.8 Å². The number of aromatic nitrogens is 1. The van der Waals surface area contributed by atoms with Crippen molar-refractivity contribution in [2.45, 2.75) is 13.0 Å². The van der Waals surface area contributed by atoms with Crippen molar-refractivity contribution in [3.05, 3.63) is 34.5 Å². The number of carboxylic acid groups (broad SMARTS) is 1. The number of carbonyl (C=O) groups is 1. The SMILES string of the molecule is Cc1c(C(O)C(=O)O)c2c(Cl)cccc2n1C. The molecule has 0 saturated heterocycles. The molecule has 5 heteroatoms. The molecule has 17 heavy (non-hydrogen) atoms. The molecule has 0 saturated carbocycles. The second-order valence-corrected chi connectivity index (χ2v) is 4.34. The van der Waals surface area contributed by atoms with Crippen molar-refractivity contribution in [3.63, 3.8) is 0 Å². The predicted octanol–water partition coefficient (Wildman–Crippen LogP) is 2.26. The summed E-state index contributed by atoms with van der Waals surface area (Å²) < 4.78 is 1.82. The molecule has 0 aliphatic heterocycles. The first kappa shape index (κ1) is 12.0. The van der Waals surface area contributed by atoms with Gasteiger partial charge in [0, 0.05) is 29.2 Å². The van der Waals surface area contributed by atoms with Crippen molar-refractivity contribution < 1.29 is 15.0 Å². The van der Waals surface area contributed by atoms with Crippen LogP contribution >= 0.6 is 11.6 Å². The lowest BCUT2D eigenvalue weighted by Crippen LogP contribution is -2.11. The van der Waals surface area contributed by atoms with Crippen LogP contribution in [0.4, 0.5) is 0 Å². The molecule has 1 heterocycles. The summed E-state index contributed by atoms with van der Waals surface area (Å²) in [6.07, 6.45) is -1.56. The Morgan fingerprint density at radius 3 is 2.71 bits per heavy atom. The maximum atomic E-state index is 10.9. The van der Waals surface area contributed by atoms with Crippen LogP contribution in [0.25, 0.3) is 10.9 Å². The summed E-state index contributed by atoms with van der Waals surface area (Å²) in [5.41, 5.74) is 1.87. The summed E-state index contributed by atoms with van der Waals surface area (Å²) in [6, 6.07) is 5.31. The Hall–Kier alpha value is -1.52. The standard InChI is InChI=1S/C12H12ClNO3/c1-6-9(11(15)12(16)17)10-7(13)4-3-5-8(10)14(6)2/h3-5,11,15H,1-2H3,(H,16,17). The van der Waals surface area contributed by atoms with Gasteiger partial charge in [0.15, 0.2) is 6.10 Å². The molecule has 0 aliphatic rings. The monoisotopic (exact) mass is 253 g/mol. The molecule has 4 nitrogen and oxygen atoms in total. The normalized spacial score (nSPS) is 12.9. The highest BCUT2D eigenvalue weighted by Gasteiger charge is 2.25. The first-order valence-corrected chi connectivity index (χ1v) is 5.47. The minimum atomic E-state index is -1.56. The Morgan fingerprint density at radius 2 is 2.12 bits per heavy atom. The summed E-state index contributed by atoms with van der Waals surface area (Å²) in [5, 5.41) is 19.7. The highest BCUT2D eigenvalue weighted by molar-refractivity contribution is 6.35. The zero-order valence-electron chi connectivity index (χ0n) is 9.44. The molecule has 1 aromatic carbocycles. The molecule has 1 atom stereocenters. The van der Waals surface area contributed by atoms with Crippen LogP contribution in [0.5, 0.6) is 0 Å². The van der Waals surface area contributed by atoms with E-state index in [1.54, 1.807) is 19.1 Å². The smallest absolute Gasteiger partial charge is 0.337 e. The average molecular weight is 254 g/mol. The molecule has 0 fully saturated rings. The molecule has 2 rings (SSSR count). The highest BCUT2D eigenvalue weighted by atomic mass is 35.5. The molecule has 1 aromatic heterocycles. The Kier molecular flexibility index (Phi) is 2.85. The zero-order chi connectivity index (χ0) is 12.7. The Morgan fingerprint density at radius 1 is 1.47 bits per heavy atom. The predicted molar refractivity (Wildman–Crippen MR) is 65.3 cm³/mol. The van der Waals surface area contributed by atoms with Crippen molar-refractivity contribution >= 4 is 28.5 Å². The summed E-state index contributed by atoms with van der Waals surface area (Å²) >= 11 is 6.08. The van der Waals surface area contributed by atoms with Crippen LogP contribution in [-0.4, -0.2) is 20.7 Å². The number of hydrogen-bond acceptors (Lipinski definition) is 2. The number of fused-ring (bicyclic) bond motifs is 1. The van der Waals surface area contributed by atoms with Gasteiger partial charge in [-0.3, -0.25) is 0 Å².